The first-order chi connectivity index (χ1) is 5.69. The summed E-state index contributed by atoms with van der Waals surface area (Å²) in [6, 6.07) is 2.78. The maximum Gasteiger partial charge on any atom is 0.206 e. The van der Waals surface area contributed by atoms with Crippen molar-refractivity contribution in [2.24, 2.45) is 0 Å². The lowest BCUT2D eigenvalue weighted by atomic mass is 10.3. The summed E-state index contributed by atoms with van der Waals surface area (Å²) >= 11 is 5.65. The van der Waals surface area contributed by atoms with Gasteiger partial charge in [-0.15, -0.1) is 0 Å². The average molecular weight is 191 g/mol. The molecule has 0 amide bonds. The molecule has 0 N–H and O–H groups in total. The van der Waals surface area contributed by atoms with Crippen molar-refractivity contribution in [3.63, 3.8) is 0 Å². The molecule has 66 valence electrons. The number of ether oxygens (including phenoxy) is 2. The van der Waals surface area contributed by atoms with E-state index < -0.39 is 5.82 Å². The van der Waals surface area contributed by atoms with Gasteiger partial charge in [-0.25, -0.2) is 0 Å². The number of benzene rings is 1. The number of rotatable bonds is 2. The van der Waals surface area contributed by atoms with Gasteiger partial charge in [0.15, 0.2) is 11.5 Å². The van der Waals surface area contributed by atoms with E-state index in [2.05, 4.69) is 0 Å². The largest absolute Gasteiger partial charge is 0.493 e. The highest BCUT2D eigenvalue weighted by Crippen LogP contribution is 2.30. The summed E-state index contributed by atoms with van der Waals surface area (Å²) in [6.45, 7) is 0. The zero-order chi connectivity index (χ0) is 9.14. The van der Waals surface area contributed by atoms with E-state index in [1.54, 1.807) is 0 Å². The van der Waals surface area contributed by atoms with Crippen LogP contribution in [-0.4, -0.2) is 14.2 Å². The summed E-state index contributed by atoms with van der Waals surface area (Å²) in [7, 11) is 2.74. The van der Waals surface area contributed by atoms with Gasteiger partial charge >= 0.3 is 0 Å². The van der Waals surface area contributed by atoms with Gasteiger partial charge in [0, 0.05) is 17.2 Å². The predicted molar refractivity (Wildman–Crippen MR) is 44.5 cm³/mol. The highest BCUT2D eigenvalue weighted by molar-refractivity contribution is 6.30. The van der Waals surface area contributed by atoms with Crippen molar-refractivity contribution >= 4 is 11.6 Å². The summed E-state index contributed by atoms with van der Waals surface area (Å²) in [5.41, 5.74) is 0. The zero-order valence-corrected chi connectivity index (χ0v) is 7.48. The summed E-state index contributed by atoms with van der Waals surface area (Å²) in [5.74, 6) is -0.372. The van der Waals surface area contributed by atoms with Crippen LogP contribution in [0.15, 0.2) is 12.1 Å². The Kier molecular flexibility index (Phi) is 2.76. The van der Waals surface area contributed by atoms with E-state index in [4.69, 9.17) is 21.1 Å². The molecule has 1 rings (SSSR count). The Bertz CT molecular complexity index is 263. The SMILES string of the molecule is COc1cc(Cl)cc(OC)c1F. The van der Waals surface area contributed by atoms with Crippen molar-refractivity contribution < 1.29 is 13.9 Å². The van der Waals surface area contributed by atoms with Crippen LogP contribution in [0.1, 0.15) is 0 Å². The molecule has 1 aromatic carbocycles. The third-order valence-electron chi connectivity index (χ3n) is 1.41. The van der Waals surface area contributed by atoms with Crippen LogP contribution < -0.4 is 9.47 Å². The molecule has 0 aliphatic heterocycles. The van der Waals surface area contributed by atoms with Crippen LogP contribution in [0.4, 0.5) is 4.39 Å². The Morgan fingerprint density at radius 2 is 1.58 bits per heavy atom. The van der Waals surface area contributed by atoms with Gasteiger partial charge in [0.25, 0.3) is 0 Å². The first-order valence-corrected chi connectivity index (χ1v) is 3.64. The highest BCUT2D eigenvalue weighted by atomic mass is 35.5. The van der Waals surface area contributed by atoms with E-state index in [1.165, 1.54) is 26.4 Å². The molecule has 0 fully saturated rings. The highest BCUT2D eigenvalue weighted by Gasteiger charge is 2.10. The van der Waals surface area contributed by atoms with E-state index in [0.717, 1.165) is 0 Å². The number of hydrogen-bond donors (Lipinski definition) is 0. The Morgan fingerprint density at radius 3 is 1.92 bits per heavy atom. The van der Waals surface area contributed by atoms with Crippen molar-refractivity contribution in [3.8, 4) is 11.5 Å². The molecular formula is C8H8ClFO2. The van der Waals surface area contributed by atoms with Crippen LogP contribution in [0.3, 0.4) is 0 Å². The maximum atomic E-state index is 13.1. The minimum atomic E-state index is -0.538. The normalized spacial score (nSPS) is 9.67. The van der Waals surface area contributed by atoms with E-state index in [1.807, 2.05) is 0 Å². The van der Waals surface area contributed by atoms with Crippen LogP contribution in [0.2, 0.25) is 5.02 Å². The monoisotopic (exact) mass is 190 g/mol. The van der Waals surface area contributed by atoms with Crippen molar-refractivity contribution in [2.45, 2.75) is 0 Å². The Hall–Kier alpha value is -0.960. The van der Waals surface area contributed by atoms with Crippen LogP contribution in [-0.2, 0) is 0 Å². The summed E-state index contributed by atoms with van der Waals surface area (Å²) in [5, 5.41) is 0.380. The zero-order valence-electron chi connectivity index (χ0n) is 6.73. The molecule has 0 saturated heterocycles. The third kappa shape index (κ3) is 1.61. The molecule has 0 saturated carbocycles. The standard InChI is InChI=1S/C8H8ClFO2/c1-11-6-3-5(9)4-7(12-2)8(6)10/h3-4H,1-2H3. The number of methoxy groups -OCH3 is 2. The summed E-state index contributed by atoms with van der Waals surface area (Å²) in [4.78, 5) is 0. The second-order valence-electron chi connectivity index (χ2n) is 2.12. The van der Waals surface area contributed by atoms with Gasteiger partial charge < -0.3 is 9.47 Å². The lowest BCUT2D eigenvalue weighted by molar-refractivity contribution is 0.350. The molecule has 0 unspecified atom stereocenters. The second-order valence-corrected chi connectivity index (χ2v) is 2.56. The average Bonchev–Trinajstić information content (AvgIpc) is 2.08. The smallest absolute Gasteiger partial charge is 0.206 e. The quantitative estimate of drug-likeness (QED) is 0.714. The molecule has 0 bridgehead atoms. The number of halogens is 2. The van der Waals surface area contributed by atoms with Gasteiger partial charge in [0.2, 0.25) is 5.82 Å². The molecule has 0 aromatic heterocycles. The van der Waals surface area contributed by atoms with Gasteiger partial charge in [-0.2, -0.15) is 4.39 Å². The summed E-state index contributed by atoms with van der Waals surface area (Å²) in [6.07, 6.45) is 0. The molecule has 12 heavy (non-hydrogen) atoms. The van der Waals surface area contributed by atoms with E-state index in [9.17, 15) is 4.39 Å². The molecule has 0 heterocycles. The fraction of sp³-hybridized carbons (Fsp3) is 0.250. The minimum Gasteiger partial charge on any atom is -0.493 e. The van der Waals surface area contributed by atoms with Crippen molar-refractivity contribution in [1.29, 1.82) is 0 Å². The lowest BCUT2D eigenvalue weighted by Gasteiger charge is -2.06. The van der Waals surface area contributed by atoms with Crippen LogP contribution in [0, 0.1) is 5.82 Å². The Morgan fingerprint density at radius 1 is 1.17 bits per heavy atom. The fourth-order valence-electron chi connectivity index (χ4n) is 0.837. The second kappa shape index (κ2) is 3.63. The van der Waals surface area contributed by atoms with E-state index in [-0.39, 0.29) is 11.5 Å². The number of hydrogen-bond acceptors (Lipinski definition) is 2. The van der Waals surface area contributed by atoms with Gasteiger partial charge in [-0.3, -0.25) is 0 Å². The van der Waals surface area contributed by atoms with Crippen LogP contribution in [0.5, 0.6) is 11.5 Å². The first-order valence-electron chi connectivity index (χ1n) is 3.26. The molecule has 0 aliphatic carbocycles. The first kappa shape index (κ1) is 9.13. The fourth-order valence-corrected chi connectivity index (χ4v) is 1.04. The Labute approximate surface area is 74.9 Å². The molecular weight excluding hydrogens is 183 g/mol. The maximum absolute atomic E-state index is 13.1. The van der Waals surface area contributed by atoms with Gasteiger partial charge in [0.1, 0.15) is 0 Å². The molecule has 0 radical (unpaired) electrons. The topological polar surface area (TPSA) is 18.5 Å². The van der Waals surface area contributed by atoms with E-state index >= 15 is 0 Å². The molecule has 0 atom stereocenters. The van der Waals surface area contributed by atoms with Crippen molar-refractivity contribution in [2.75, 3.05) is 14.2 Å². The molecule has 0 aliphatic rings. The van der Waals surface area contributed by atoms with E-state index in [0.29, 0.717) is 5.02 Å². The molecule has 0 spiro atoms. The summed E-state index contributed by atoms with van der Waals surface area (Å²) < 4.78 is 22.6. The molecule has 4 heteroatoms. The van der Waals surface area contributed by atoms with Gasteiger partial charge in [-0.1, -0.05) is 11.6 Å². The lowest BCUT2D eigenvalue weighted by Crippen LogP contribution is -1.92. The molecule has 2 nitrogen and oxygen atoms in total. The van der Waals surface area contributed by atoms with Crippen molar-refractivity contribution in [3.05, 3.63) is 23.0 Å². The predicted octanol–water partition coefficient (Wildman–Crippen LogP) is 2.50. The van der Waals surface area contributed by atoms with Gasteiger partial charge in [0.05, 0.1) is 14.2 Å². The van der Waals surface area contributed by atoms with Crippen LogP contribution >= 0.6 is 11.6 Å². The Balaban J connectivity index is 3.22. The van der Waals surface area contributed by atoms with Crippen LogP contribution in [0.25, 0.3) is 0 Å². The van der Waals surface area contributed by atoms with Crippen molar-refractivity contribution in [1.82, 2.24) is 0 Å². The molecule has 1 aromatic rings. The van der Waals surface area contributed by atoms with Gasteiger partial charge in [-0.05, 0) is 0 Å². The third-order valence-corrected chi connectivity index (χ3v) is 1.63. The minimum absolute atomic E-state index is 0.0827.